The molecule has 0 aliphatic rings. The van der Waals surface area contributed by atoms with Gasteiger partial charge in [0.25, 0.3) is 5.91 Å². The topological polar surface area (TPSA) is 86.2 Å². The third kappa shape index (κ3) is 5.72. The number of ether oxygens (including phenoxy) is 3. The van der Waals surface area contributed by atoms with Gasteiger partial charge in [-0.05, 0) is 61.9 Å². The van der Waals surface area contributed by atoms with Crippen LogP contribution in [0.5, 0.6) is 17.2 Å². The van der Waals surface area contributed by atoms with E-state index >= 15 is 0 Å². The minimum Gasteiger partial charge on any atom is -0.496 e. The molecule has 0 spiro atoms. The average molecular weight is 432 g/mol. The third-order valence-electron chi connectivity index (χ3n) is 4.46. The first-order valence-corrected chi connectivity index (χ1v) is 10.0. The van der Waals surface area contributed by atoms with E-state index < -0.39 is 11.9 Å². The molecule has 0 atom stereocenters. The molecule has 0 saturated heterocycles. The summed E-state index contributed by atoms with van der Waals surface area (Å²) in [6.07, 6.45) is 1.47. The lowest BCUT2D eigenvalue weighted by Gasteiger charge is -2.11. The van der Waals surface area contributed by atoms with Crippen molar-refractivity contribution < 1.29 is 23.8 Å². The van der Waals surface area contributed by atoms with Crippen LogP contribution < -0.4 is 19.6 Å². The van der Waals surface area contributed by atoms with Gasteiger partial charge >= 0.3 is 5.97 Å². The molecule has 0 radical (unpaired) electrons. The molecule has 0 bridgehead atoms. The monoisotopic (exact) mass is 432 g/mol. The maximum Gasteiger partial charge on any atom is 0.343 e. The van der Waals surface area contributed by atoms with Crippen LogP contribution in [0.1, 0.15) is 38.8 Å². The second-order valence-corrected chi connectivity index (χ2v) is 6.80. The van der Waals surface area contributed by atoms with Crippen LogP contribution in [0.2, 0.25) is 0 Å². The van der Waals surface area contributed by atoms with Gasteiger partial charge in [-0.3, -0.25) is 4.79 Å². The first-order valence-electron chi connectivity index (χ1n) is 10.0. The van der Waals surface area contributed by atoms with Crippen molar-refractivity contribution in [1.82, 2.24) is 5.43 Å². The molecule has 0 saturated carbocycles. The van der Waals surface area contributed by atoms with Crippen LogP contribution in [0.3, 0.4) is 0 Å². The molecule has 7 nitrogen and oxygen atoms in total. The molecule has 32 heavy (non-hydrogen) atoms. The molecule has 3 aromatic carbocycles. The van der Waals surface area contributed by atoms with Crippen molar-refractivity contribution in [2.24, 2.45) is 5.10 Å². The number of hydrogen-bond acceptors (Lipinski definition) is 6. The lowest BCUT2D eigenvalue weighted by Crippen LogP contribution is -2.18. The lowest BCUT2D eigenvalue weighted by atomic mass is 10.1. The smallest absolute Gasteiger partial charge is 0.343 e. The van der Waals surface area contributed by atoms with Crippen molar-refractivity contribution in [3.05, 3.63) is 89.0 Å². The number of aryl methyl sites for hydroxylation is 1. The molecule has 0 aromatic heterocycles. The van der Waals surface area contributed by atoms with Crippen molar-refractivity contribution >= 4 is 18.1 Å². The Bertz CT molecular complexity index is 1140. The van der Waals surface area contributed by atoms with Crippen LogP contribution in [0, 0.1) is 6.92 Å². The first-order chi connectivity index (χ1) is 15.5. The Balaban J connectivity index is 1.72. The number of carbonyl (C=O) groups is 2. The fourth-order valence-electron chi connectivity index (χ4n) is 2.95. The molecule has 1 amide bonds. The Hall–Kier alpha value is -4.13. The highest BCUT2D eigenvalue weighted by atomic mass is 16.6. The third-order valence-corrected chi connectivity index (χ3v) is 4.46. The maximum absolute atomic E-state index is 12.5. The van der Waals surface area contributed by atoms with Crippen LogP contribution in [0.15, 0.2) is 71.8 Å². The van der Waals surface area contributed by atoms with E-state index in [9.17, 15) is 9.59 Å². The van der Waals surface area contributed by atoms with E-state index in [0.717, 1.165) is 5.56 Å². The predicted octanol–water partition coefficient (Wildman–Crippen LogP) is 4.39. The summed E-state index contributed by atoms with van der Waals surface area (Å²) >= 11 is 0. The quantitative estimate of drug-likeness (QED) is 0.247. The Labute approximate surface area is 186 Å². The molecule has 0 aliphatic heterocycles. The number of rotatable bonds is 8. The van der Waals surface area contributed by atoms with Crippen LogP contribution in [-0.4, -0.2) is 31.8 Å². The number of amides is 1. The van der Waals surface area contributed by atoms with Crippen LogP contribution in [0.4, 0.5) is 0 Å². The first kappa shape index (κ1) is 22.6. The van der Waals surface area contributed by atoms with Gasteiger partial charge in [0.05, 0.1) is 31.1 Å². The van der Waals surface area contributed by atoms with Crippen molar-refractivity contribution in [3.8, 4) is 17.2 Å². The molecule has 7 heteroatoms. The molecular weight excluding hydrogens is 408 g/mol. The second-order valence-electron chi connectivity index (χ2n) is 6.80. The van der Waals surface area contributed by atoms with Gasteiger partial charge in [0.15, 0.2) is 11.5 Å². The number of methoxy groups -OCH3 is 1. The number of esters is 1. The summed E-state index contributed by atoms with van der Waals surface area (Å²) < 4.78 is 16.3. The van der Waals surface area contributed by atoms with Gasteiger partial charge in [-0.2, -0.15) is 5.10 Å². The predicted molar refractivity (Wildman–Crippen MR) is 122 cm³/mol. The standard InChI is InChI=1S/C25H24N2O5/c1-4-31-23-15-18(16-26-27-24(28)20-10-5-6-11-21(20)30-3)12-13-22(23)32-25(29)19-9-7-8-17(2)14-19/h5-16H,4H2,1-3H3,(H,27,28)/b26-16+. The number of benzene rings is 3. The summed E-state index contributed by atoms with van der Waals surface area (Å²) in [5.74, 6) is 0.285. The lowest BCUT2D eigenvalue weighted by molar-refractivity contribution is 0.0728. The van der Waals surface area contributed by atoms with E-state index in [1.165, 1.54) is 13.3 Å². The van der Waals surface area contributed by atoms with E-state index in [1.807, 2.05) is 19.9 Å². The van der Waals surface area contributed by atoms with Gasteiger partial charge in [-0.25, -0.2) is 10.2 Å². The fourth-order valence-corrected chi connectivity index (χ4v) is 2.95. The zero-order valence-electron chi connectivity index (χ0n) is 18.1. The van der Waals surface area contributed by atoms with E-state index in [0.29, 0.717) is 40.5 Å². The van der Waals surface area contributed by atoms with Gasteiger partial charge in [0, 0.05) is 0 Å². The molecular formula is C25H24N2O5. The molecule has 0 heterocycles. The van der Waals surface area contributed by atoms with Crippen molar-refractivity contribution in [3.63, 3.8) is 0 Å². The van der Waals surface area contributed by atoms with Gasteiger partial charge in [0.1, 0.15) is 5.75 Å². The van der Waals surface area contributed by atoms with Crippen LogP contribution in [0.25, 0.3) is 0 Å². The van der Waals surface area contributed by atoms with E-state index in [-0.39, 0.29) is 0 Å². The van der Waals surface area contributed by atoms with Crippen molar-refractivity contribution in [1.29, 1.82) is 0 Å². The maximum atomic E-state index is 12.5. The molecule has 164 valence electrons. The SMILES string of the molecule is CCOc1cc(/C=N/NC(=O)c2ccccc2OC)ccc1OC(=O)c1cccc(C)c1. The Morgan fingerprint density at radius 1 is 0.969 bits per heavy atom. The zero-order valence-corrected chi connectivity index (χ0v) is 18.1. The summed E-state index contributed by atoms with van der Waals surface area (Å²) in [6, 6.07) is 19.0. The van der Waals surface area contributed by atoms with Crippen molar-refractivity contribution in [2.75, 3.05) is 13.7 Å². The van der Waals surface area contributed by atoms with E-state index in [4.69, 9.17) is 14.2 Å². The van der Waals surface area contributed by atoms with Crippen molar-refractivity contribution in [2.45, 2.75) is 13.8 Å². The van der Waals surface area contributed by atoms with Gasteiger partial charge < -0.3 is 14.2 Å². The number of nitrogens with one attached hydrogen (secondary N) is 1. The molecule has 0 unspecified atom stereocenters. The number of carbonyl (C=O) groups excluding carboxylic acids is 2. The summed E-state index contributed by atoms with van der Waals surface area (Å²) in [4.78, 5) is 24.8. The zero-order chi connectivity index (χ0) is 22.9. The minimum absolute atomic E-state index is 0.300. The molecule has 0 aliphatic carbocycles. The largest absolute Gasteiger partial charge is 0.496 e. The Kier molecular flexibility index (Phi) is 7.59. The Morgan fingerprint density at radius 3 is 2.53 bits per heavy atom. The summed E-state index contributed by atoms with van der Waals surface area (Å²) in [5.41, 5.74) is 4.92. The molecule has 1 N–H and O–H groups in total. The number of nitrogens with zero attached hydrogens (tertiary/aromatic N) is 1. The summed E-state index contributed by atoms with van der Waals surface area (Å²) in [5, 5.41) is 4.00. The minimum atomic E-state index is -0.472. The normalized spacial score (nSPS) is 10.6. The van der Waals surface area contributed by atoms with E-state index in [1.54, 1.807) is 60.7 Å². The van der Waals surface area contributed by atoms with Gasteiger partial charge in [-0.15, -0.1) is 0 Å². The highest BCUT2D eigenvalue weighted by molar-refractivity contribution is 5.97. The number of para-hydroxylation sites is 1. The highest BCUT2D eigenvalue weighted by Crippen LogP contribution is 2.29. The summed E-state index contributed by atoms with van der Waals surface area (Å²) in [6.45, 7) is 4.13. The van der Waals surface area contributed by atoms with Gasteiger partial charge in [0.2, 0.25) is 0 Å². The molecule has 0 fully saturated rings. The second kappa shape index (κ2) is 10.8. The highest BCUT2D eigenvalue weighted by Gasteiger charge is 2.14. The van der Waals surface area contributed by atoms with Gasteiger partial charge in [-0.1, -0.05) is 29.8 Å². The summed E-state index contributed by atoms with van der Waals surface area (Å²) in [7, 11) is 1.50. The Morgan fingerprint density at radius 2 is 1.78 bits per heavy atom. The van der Waals surface area contributed by atoms with Crippen LogP contribution in [-0.2, 0) is 0 Å². The average Bonchev–Trinajstić information content (AvgIpc) is 2.80. The number of hydrazone groups is 1. The van der Waals surface area contributed by atoms with Crippen LogP contribution >= 0.6 is 0 Å². The number of hydrogen-bond donors (Lipinski definition) is 1. The fraction of sp³-hybridized carbons (Fsp3) is 0.160. The molecule has 3 rings (SSSR count). The van der Waals surface area contributed by atoms with E-state index in [2.05, 4.69) is 10.5 Å². The molecule has 3 aromatic rings.